The Labute approximate surface area is 183 Å². The lowest BCUT2D eigenvalue weighted by Crippen LogP contribution is -2.38. The van der Waals surface area contributed by atoms with E-state index in [1.165, 1.54) is 0 Å². The monoisotopic (exact) mass is 467 g/mol. The summed E-state index contributed by atoms with van der Waals surface area (Å²) in [5, 5.41) is 5.51. The molecule has 0 aliphatic heterocycles. The average molecular weight is 468 g/mol. The van der Waals surface area contributed by atoms with E-state index in [2.05, 4.69) is 31.5 Å². The molecule has 154 valence electrons. The summed E-state index contributed by atoms with van der Waals surface area (Å²) < 4.78 is 6.55. The van der Waals surface area contributed by atoms with E-state index in [-0.39, 0.29) is 24.4 Å². The van der Waals surface area contributed by atoms with Crippen molar-refractivity contribution in [1.29, 1.82) is 0 Å². The van der Waals surface area contributed by atoms with E-state index in [9.17, 15) is 9.59 Å². The lowest BCUT2D eigenvalue weighted by molar-refractivity contribution is -0.120. The van der Waals surface area contributed by atoms with Crippen LogP contribution in [0, 0.1) is 0 Å². The minimum Gasteiger partial charge on any atom is -0.489 e. The highest BCUT2D eigenvalue weighted by atomic mass is 79.9. The van der Waals surface area contributed by atoms with E-state index in [1.54, 1.807) is 30.6 Å². The Hall–Kier alpha value is -3.19. The van der Waals surface area contributed by atoms with E-state index in [0.29, 0.717) is 12.2 Å². The molecule has 0 aliphatic rings. The van der Waals surface area contributed by atoms with E-state index in [0.717, 1.165) is 21.3 Å². The quantitative estimate of drug-likeness (QED) is 0.523. The number of nitrogens with zero attached hydrogens (tertiary/aromatic N) is 1. The molecule has 0 fully saturated rings. The van der Waals surface area contributed by atoms with Crippen molar-refractivity contribution in [2.45, 2.75) is 19.6 Å². The van der Waals surface area contributed by atoms with Crippen molar-refractivity contribution in [3.63, 3.8) is 0 Å². The van der Waals surface area contributed by atoms with Crippen molar-refractivity contribution in [3.05, 3.63) is 94.2 Å². The molecule has 0 bridgehead atoms. The minimum atomic E-state index is -0.297. The maximum atomic E-state index is 12.2. The Kier molecular flexibility index (Phi) is 7.57. The minimum absolute atomic E-state index is 0.0952. The van der Waals surface area contributed by atoms with Crippen LogP contribution in [0.15, 0.2) is 77.5 Å². The van der Waals surface area contributed by atoms with Gasteiger partial charge >= 0.3 is 0 Å². The third kappa shape index (κ3) is 6.42. The van der Waals surface area contributed by atoms with E-state index in [1.807, 2.05) is 49.4 Å². The Morgan fingerprint density at radius 3 is 2.60 bits per heavy atom. The topological polar surface area (TPSA) is 80.3 Å². The van der Waals surface area contributed by atoms with Gasteiger partial charge in [-0.2, -0.15) is 0 Å². The molecular weight excluding hydrogens is 446 g/mol. The second-order valence-corrected chi connectivity index (χ2v) is 7.62. The van der Waals surface area contributed by atoms with Crippen LogP contribution in [0.25, 0.3) is 0 Å². The largest absolute Gasteiger partial charge is 0.489 e. The number of carbonyl (C=O) groups excluding carboxylic acids is 2. The van der Waals surface area contributed by atoms with Gasteiger partial charge in [-0.1, -0.05) is 40.2 Å². The summed E-state index contributed by atoms with van der Waals surface area (Å²) in [7, 11) is 0. The number of nitrogens with one attached hydrogen (secondary N) is 2. The van der Waals surface area contributed by atoms with Gasteiger partial charge in [0.25, 0.3) is 5.91 Å². The lowest BCUT2D eigenvalue weighted by atomic mass is 10.1. The Balaban J connectivity index is 1.46. The number of rotatable bonds is 8. The molecule has 2 amide bonds. The van der Waals surface area contributed by atoms with Crippen LogP contribution >= 0.6 is 15.9 Å². The number of benzene rings is 2. The van der Waals surface area contributed by atoms with Gasteiger partial charge in [0.15, 0.2) is 0 Å². The summed E-state index contributed by atoms with van der Waals surface area (Å²) in [5.74, 6) is 0.180. The number of hydrogen-bond donors (Lipinski definition) is 2. The van der Waals surface area contributed by atoms with Crippen molar-refractivity contribution < 1.29 is 14.3 Å². The molecule has 3 rings (SSSR count). The van der Waals surface area contributed by atoms with Crippen LogP contribution in [0.4, 0.5) is 0 Å². The number of ether oxygens (including phenoxy) is 1. The predicted molar refractivity (Wildman–Crippen MR) is 118 cm³/mol. The molecular formula is C23H22BrN3O3. The molecule has 1 aromatic heterocycles. The highest BCUT2D eigenvalue weighted by Crippen LogP contribution is 2.18. The maximum Gasteiger partial charge on any atom is 0.251 e. The molecule has 0 spiro atoms. The average Bonchev–Trinajstić information content (AvgIpc) is 2.77. The molecule has 0 saturated carbocycles. The van der Waals surface area contributed by atoms with Gasteiger partial charge in [0.05, 0.1) is 12.6 Å². The second kappa shape index (κ2) is 10.5. The van der Waals surface area contributed by atoms with Crippen LogP contribution < -0.4 is 15.4 Å². The van der Waals surface area contributed by atoms with Gasteiger partial charge in [0, 0.05) is 28.0 Å². The van der Waals surface area contributed by atoms with Crippen molar-refractivity contribution in [1.82, 2.24) is 15.6 Å². The highest BCUT2D eigenvalue weighted by molar-refractivity contribution is 9.10. The smallest absolute Gasteiger partial charge is 0.251 e. The zero-order valence-electron chi connectivity index (χ0n) is 16.5. The molecule has 0 aliphatic carbocycles. The van der Waals surface area contributed by atoms with E-state index in [4.69, 9.17) is 4.74 Å². The number of hydrogen-bond acceptors (Lipinski definition) is 4. The number of amides is 2. The summed E-state index contributed by atoms with van der Waals surface area (Å²) in [6, 6.07) is 18.2. The van der Waals surface area contributed by atoms with Crippen LogP contribution in [0.2, 0.25) is 0 Å². The van der Waals surface area contributed by atoms with E-state index < -0.39 is 0 Å². The first kappa shape index (κ1) is 21.5. The van der Waals surface area contributed by atoms with Crippen molar-refractivity contribution >= 4 is 27.7 Å². The Morgan fingerprint density at radius 2 is 1.90 bits per heavy atom. The van der Waals surface area contributed by atoms with Crippen LogP contribution in [-0.2, 0) is 11.4 Å². The van der Waals surface area contributed by atoms with Gasteiger partial charge in [-0.25, -0.2) is 0 Å². The van der Waals surface area contributed by atoms with Crippen molar-refractivity contribution in [2.24, 2.45) is 0 Å². The summed E-state index contributed by atoms with van der Waals surface area (Å²) in [5.41, 5.74) is 2.43. The molecule has 2 N–H and O–H groups in total. The van der Waals surface area contributed by atoms with Crippen LogP contribution in [0.1, 0.15) is 34.5 Å². The first-order valence-electron chi connectivity index (χ1n) is 9.46. The fraction of sp³-hybridized carbons (Fsp3) is 0.174. The highest BCUT2D eigenvalue weighted by Gasteiger charge is 2.12. The molecule has 1 heterocycles. The zero-order valence-corrected chi connectivity index (χ0v) is 18.1. The maximum absolute atomic E-state index is 12.2. The third-order valence-corrected chi connectivity index (χ3v) is 4.88. The van der Waals surface area contributed by atoms with Gasteiger partial charge in [0.2, 0.25) is 5.91 Å². The number of carbonyl (C=O) groups is 2. The fourth-order valence-electron chi connectivity index (χ4n) is 2.77. The molecule has 7 heteroatoms. The van der Waals surface area contributed by atoms with Gasteiger partial charge < -0.3 is 15.4 Å². The standard InChI is InChI=1S/C23H22BrN3O3/c1-16(27-22(28)14-26-23(29)19-5-2-6-20(24)12-19)18-7-9-21(10-8-18)30-15-17-4-3-11-25-13-17/h2-13,16H,14-15H2,1H3,(H,26,29)(H,27,28). The second-order valence-electron chi connectivity index (χ2n) is 6.70. The lowest BCUT2D eigenvalue weighted by Gasteiger charge is -2.15. The van der Waals surface area contributed by atoms with Gasteiger partial charge in [-0.15, -0.1) is 0 Å². The first-order chi connectivity index (χ1) is 14.5. The molecule has 2 aromatic carbocycles. The summed E-state index contributed by atoms with van der Waals surface area (Å²) in [6.07, 6.45) is 3.49. The number of halogens is 1. The normalized spacial score (nSPS) is 11.4. The van der Waals surface area contributed by atoms with Crippen LogP contribution in [-0.4, -0.2) is 23.3 Å². The van der Waals surface area contributed by atoms with Crippen molar-refractivity contribution in [2.75, 3.05) is 6.54 Å². The van der Waals surface area contributed by atoms with Gasteiger partial charge in [-0.05, 0) is 48.9 Å². The molecule has 3 aromatic rings. The molecule has 0 saturated heterocycles. The number of aromatic nitrogens is 1. The van der Waals surface area contributed by atoms with Gasteiger partial charge in [-0.3, -0.25) is 14.6 Å². The molecule has 1 atom stereocenters. The van der Waals surface area contributed by atoms with Crippen molar-refractivity contribution in [3.8, 4) is 5.75 Å². The predicted octanol–water partition coefficient (Wildman–Crippen LogP) is 4.03. The fourth-order valence-corrected chi connectivity index (χ4v) is 3.17. The first-order valence-corrected chi connectivity index (χ1v) is 10.3. The Morgan fingerprint density at radius 1 is 1.10 bits per heavy atom. The van der Waals surface area contributed by atoms with Crippen LogP contribution in [0.3, 0.4) is 0 Å². The van der Waals surface area contributed by atoms with Crippen LogP contribution in [0.5, 0.6) is 5.75 Å². The van der Waals surface area contributed by atoms with E-state index >= 15 is 0 Å². The molecule has 1 unspecified atom stereocenters. The molecule has 0 radical (unpaired) electrons. The Bertz CT molecular complexity index is 994. The summed E-state index contributed by atoms with van der Waals surface area (Å²) in [6.45, 7) is 2.23. The third-order valence-electron chi connectivity index (χ3n) is 4.38. The SMILES string of the molecule is CC(NC(=O)CNC(=O)c1cccc(Br)c1)c1ccc(OCc2cccnc2)cc1. The zero-order chi connectivity index (χ0) is 21.3. The summed E-state index contributed by atoms with van der Waals surface area (Å²) in [4.78, 5) is 28.4. The molecule has 30 heavy (non-hydrogen) atoms. The summed E-state index contributed by atoms with van der Waals surface area (Å²) >= 11 is 3.32. The van der Waals surface area contributed by atoms with Gasteiger partial charge in [0.1, 0.15) is 12.4 Å². The number of pyridine rings is 1. The molecule has 6 nitrogen and oxygen atoms in total.